The van der Waals surface area contributed by atoms with Gasteiger partial charge >= 0.3 is 12.1 Å². The first kappa shape index (κ1) is 12.9. The van der Waals surface area contributed by atoms with Gasteiger partial charge in [-0.2, -0.15) is 13.2 Å². The number of alkyl halides is 3. The second-order valence-corrected chi connectivity index (χ2v) is 4.43. The van der Waals surface area contributed by atoms with Crippen molar-refractivity contribution in [3.8, 4) is 0 Å². The molecule has 0 amide bonds. The largest absolute Gasteiger partial charge is 0.481 e. The Morgan fingerprint density at radius 1 is 1.28 bits per heavy atom. The van der Waals surface area contributed by atoms with E-state index in [-0.39, 0.29) is 18.4 Å². The van der Waals surface area contributed by atoms with Crippen LogP contribution in [0.15, 0.2) is 18.2 Å². The first-order chi connectivity index (χ1) is 8.27. The van der Waals surface area contributed by atoms with E-state index < -0.39 is 28.9 Å². The molecule has 0 aliphatic heterocycles. The Balaban J connectivity index is 2.53. The molecule has 6 heteroatoms. The van der Waals surface area contributed by atoms with E-state index in [0.29, 0.717) is 24.6 Å². The average molecular weight is 262 g/mol. The van der Waals surface area contributed by atoms with E-state index in [2.05, 4.69) is 0 Å². The number of benzene rings is 1. The third-order valence-corrected chi connectivity index (χ3v) is 3.43. The van der Waals surface area contributed by atoms with Crippen LogP contribution in [-0.4, -0.2) is 11.1 Å². The van der Waals surface area contributed by atoms with Gasteiger partial charge in [-0.3, -0.25) is 4.79 Å². The molecule has 1 fully saturated rings. The molecule has 98 valence electrons. The number of carboxylic acids is 1. The number of hydrogen-bond acceptors (Lipinski definition) is 1. The van der Waals surface area contributed by atoms with Gasteiger partial charge in [-0.15, -0.1) is 0 Å². The predicted molar refractivity (Wildman–Crippen MR) is 54.6 cm³/mol. The maximum atomic E-state index is 13.6. The highest BCUT2D eigenvalue weighted by atomic mass is 19.4. The zero-order chi connectivity index (χ0) is 13.6. The molecule has 18 heavy (non-hydrogen) atoms. The van der Waals surface area contributed by atoms with Gasteiger partial charge in [-0.1, -0.05) is 6.42 Å². The van der Waals surface area contributed by atoms with Crippen LogP contribution in [0.5, 0.6) is 0 Å². The second kappa shape index (κ2) is 3.96. The lowest BCUT2D eigenvalue weighted by atomic mass is 9.64. The Labute approximate surface area is 100 Å². The van der Waals surface area contributed by atoms with Crippen LogP contribution >= 0.6 is 0 Å². The number of rotatable bonds is 2. The van der Waals surface area contributed by atoms with Crippen LogP contribution in [0, 0.1) is 5.82 Å². The van der Waals surface area contributed by atoms with Gasteiger partial charge in [0, 0.05) is 5.56 Å². The van der Waals surface area contributed by atoms with E-state index in [0.717, 1.165) is 0 Å². The van der Waals surface area contributed by atoms with Crippen molar-refractivity contribution in [3.63, 3.8) is 0 Å². The molecule has 1 aromatic rings. The lowest BCUT2D eigenvalue weighted by Crippen LogP contribution is -2.43. The smallest absolute Gasteiger partial charge is 0.416 e. The molecule has 0 radical (unpaired) electrons. The highest BCUT2D eigenvalue weighted by Gasteiger charge is 2.48. The number of halogens is 4. The quantitative estimate of drug-likeness (QED) is 0.830. The minimum Gasteiger partial charge on any atom is -0.481 e. The summed E-state index contributed by atoms with van der Waals surface area (Å²) in [6.45, 7) is 0. The van der Waals surface area contributed by atoms with E-state index in [1.807, 2.05) is 0 Å². The summed E-state index contributed by atoms with van der Waals surface area (Å²) in [5.74, 6) is -2.17. The topological polar surface area (TPSA) is 37.3 Å². The molecule has 2 nitrogen and oxygen atoms in total. The first-order valence-corrected chi connectivity index (χ1v) is 5.38. The fourth-order valence-corrected chi connectivity index (χ4v) is 2.20. The summed E-state index contributed by atoms with van der Waals surface area (Å²) in [4.78, 5) is 11.2. The molecule has 1 aliphatic rings. The Hall–Kier alpha value is -1.59. The van der Waals surface area contributed by atoms with Crippen molar-refractivity contribution < 1.29 is 27.5 Å². The van der Waals surface area contributed by atoms with Gasteiger partial charge in [-0.05, 0) is 31.0 Å². The molecule has 0 heterocycles. The summed E-state index contributed by atoms with van der Waals surface area (Å²) in [5.41, 5.74) is -2.88. The third kappa shape index (κ3) is 1.85. The van der Waals surface area contributed by atoms with Crippen LogP contribution in [0.1, 0.15) is 30.4 Å². The summed E-state index contributed by atoms with van der Waals surface area (Å²) < 4.78 is 51.2. The molecule has 0 unspecified atom stereocenters. The Bertz CT molecular complexity index is 489. The minimum absolute atomic E-state index is 0.167. The van der Waals surface area contributed by atoms with Gasteiger partial charge in [0.2, 0.25) is 0 Å². The Kier molecular flexibility index (Phi) is 2.83. The maximum Gasteiger partial charge on any atom is 0.416 e. The molecule has 1 N–H and O–H groups in total. The molecule has 0 spiro atoms. The maximum absolute atomic E-state index is 13.6. The van der Waals surface area contributed by atoms with Crippen molar-refractivity contribution in [1.29, 1.82) is 0 Å². The van der Waals surface area contributed by atoms with E-state index in [4.69, 9.17) is 5.11 Å². The Morgan fingerprint density at radius 3 is 2.28 bits per heavy atom. The summed E-state index contributed by atoms with van der Waals surface area (Å²) in [5, 5.41) is 9.11. The predicted octanol–water partition coefficient (Wildman–Crippen LogP) is 3.35. The normalized spacial score (nSPS) is 18.2. The minimum atomic E-state index is -4.61. The van der Waals surface area contributed by atoms with Crippen LogP contribution in [0.4, 0.5) is 17.6 Å². The lowest BCUT2D eigenvalue weighted by molar-refractivity contribution is -0.148. The van der Waals surface area contributed by atoms with Gasteiger partial charge in [0.25, 0.3) is 0 Å². The van der Waals surface area contributed by atoms with Crippen molar-refractivity contribution in [2.24, 2.45) is 0 Å². The third-order valence-electron chi connectivity index (χ3n) is 3.43. The van der Waals surface area contributed by atoms with Crippen molar-refractivity contribution in [3.05, 3.63) is 35.1 Å². The van der Waals surface area contributed by atoms with Gasteiger partial charge < -0.3 is 5.11 Å². The van der Waals surface area contributed by atoms with Gasteiger partial charge in [0.15, 0.2) is 0 Å². The van der Waals surface area contributed by atoms with Gasteiger partial charge in [0.05, 0.1) is 11.0 Å². The summed E-state index contributed by atoms with van der Waals surface area (Å²) >= 11 is 0. The standard InChI is InChI=1S/C12H10F4O2/c13-9-3-2-7(12(14,15)16)6-8(9)11(10(17)18)4-1-5-11/h2-3,6H,1,4-5H2,(H,17,18). The molecule has 0 atom stereocenters. The van der Waals surface area contributed by atoms with E-state index in [1.165, 1.54) is 0 Å². The van der Waals surface area contributed by atoms with E-state index >= 15 is 0 Å². The lowest BCUT2D eigenvalue weighted by Gasteiger charge is -2.38. The molecule has 0 saturated heterocycles. The van der Waals surface area contributed by atoms with Crippen LogP contribution in [0.3, 0.4) is 0 Å². The van der Waals surface area contributed by atoms with Crippen LogP contribution in [0.2, 0.25) is 0 Å². The zero-order valence-corrected chi connectivity index (χ0v) is 9.22. The molecule has 1 saturated carbocycles. The average Bonchev–Trinajstić information content (AvgIpc) is 2.16. The monoisotopic (exact) mass is 262 g/mol. The molecule has 1 aromatic carbocycles. The van der Waals surface area contributed by atoms with Crippen LogP contribution in [-0.2, 0) is 16.4 Å². The highest BCUT2D eigenvalue weighted by Crippen LogP contribution is 2.46. The zero-order valence-electron chi connectivity index (χ0n) is 9.22. The number of hydrogen-bond donors (Lipinski definition) is 1. The summed E-state index contributed by atoms with van der Waals surface area (Å²) in [6, 6.07) is 1.91. The second-order valence-electron chi connectivity index (χ2n) is 4.43. The van der Waals surface area contributed by atoms with Gasteiger partial charge in [-0.25, -0.2) is 4.39 Å². The molecule has 2 rings (SSSR count). The molecule has 0 aromatic heterocycles. The number of aliphatic carboxylic acids is 1. The van der Waals surface area contributed by atoms with Crippen molar-refractivity contribution >= 4 is 5.97 Å². The fourth-order valence-electron chi connectivity index (χ4n) is 2.20. The first-order valence-electron chi connectivity index (χ1n) is 5.38. The highest BCUT2D eigenvalue weighted by molar-refractivity contribution is 5.82. The van der Waals surface area contributed by atoms with E-state index in [1.54, 1.807) is 0 Å². The summed E-state index contributed by atoms with van der Waals surface area (Å²) in [7, 11) is 0. The molecular formula is C12H10F4O2. The van der Waals surface area contributed by atoms with Crippen LogP contribution in [0.25, 0.3) is 0 Å². The van der Waals surface area contributed by atoms with E-state index in [9.17, 15) is 22.4 Å². The number of carbonyl (C=O) groups is 1. The van der Waals surface area contributed by atoms with Crippen molar-refractivity contribution in [1.82, 2.24) is 0 Å². The molecular weight excluding hydrogens is 252 g/mol. The van der Waals surface area contributed by atoms with Gasteiger partial charge in [0.1, 0.15) is 5.82 Å². The van der Waals surface area contributed by atoms with Crippen LogP contribution < -0.4 is 0 Å². The van der Waals surface area contributed by atoms with Crippen molar-refractivity contribution in [2.45, 2.75) is 30.9 Å². The number of carboxylic acid groups (broad SMARTS) is 1. The fraction of sp³-hybridized carbons (Fsp3) is 0.417. The molecule has 1 aliphatic carbocycles. The SMILES string of the molecule is O=C(O)C1(c2cc(C(F)(F)F)ccc2F)CCC1. The molecule has 0 bridgehead atoms. The Morgan fingerprint density at radius 2 is 1.89 bits per heavy atom. The summed E-state index contributed by atoms with van der Waals surface area (Å²) in [6.07, 6.45) is -3.70. The van der Waals surface area contributed by atoms with Crippen molar-refractivity contribution in [2.75, 3.05) is 0 Å².